The van der Waals surface area contributed by atoms with Crippen molar-refractivity contribution in [3.8, 4) is 0 Å². The number of fused-ring (bicyclic) bond motifs is 1. The molecule has 0 bridgehead atoms. The normalized spacial score (nSPS) is 25.9. The van der Waals surface area contributed by atoms with E-state index in [1.165, 1.54) is 32.1 Å². The number of nitrogens with zero attached hydrogens (tertiary/aromatic N) is 2. The van der Waals surface area contributed by atoms with E-state index in [0.717, 1.165) is 30.7 Å². The summed E-state index contributed by atoms with van der Waals surface area (Å²) in [5.74, 6) is 2.53. The van der Waals surface area contributed by atoms with E-state index in [1.54, 1.807) is 6.20 Å². The number of anilines is 1. The van der Waals surface area contributed by atoms with Gasteiger partial charge in [-0.05, 0) is 36.8 Å². The summed E-state index contributed by atoms with van der Waals surface area (Å²) in [6.07, 6.45) is 8.24. The van der Waals surface area contributed by atoms with Crippen LogP contribution in [0.4, 0.5) is 5.82 Å². The minimum atomic E-state index is 0.143. The Morgan fingerprint density at radius 2 is 2.05 bits per heavy atom. The molecule has 1 N–H and O–H groups in total. The summed E-state index contributed by atoms with van der Waals surface area (Å²) in [6, 6.07) is 3.73. The maximum Gasteiger partial charge on any atom is 0.255 e. The first-order valence-electron chi connectivity index (χ1n) is 7.71. The van der Waals surface area contributed by atoms with Crippen molar-refractivity contribution in [3.63, 3.8) is 0 Å². The second-order valence-corrected chi connectivity index (χ2v) is 6.03. The molecule has 108 valence electrons. The third kappa shape index (κ3) is 2.65. The van der Waals surface area contributed by atoms with Crippen LogP contribution in [0.15, 0.2) is 18.3 Å². The number of hydrogen-bond donors (Lipinski definition) is 1. The van der Waals surface area contributed by atoms with Crippen LogP contribution in [0, 0.1) is 11.8 Å². The molecule has 20 heavy (non-hydrogen) atoms. The molecule has 1 saturated heterocycles. The monoisotopic (exact) mass is 273 g/mol. The van der Waals surface area contributed by atoms with Crippen LogP contribution in [-0.2, 0) is 0 Å². The zero-order valence-corrected chi connectivity index (χ0v) is 12.1. The lowest BCUT2D eigenvalue weighted by Crippen LogP contribution is -2.44. The zero-order chi connectivity index (χ0) is 13.9. The topological polar surface area (TPSA) is 45.2 Å². The Morgan fingerprint density at radius 3 is 2.75 bits per heavy atom. The molecule has 0 spiro atoms. The van der Waals surface area contributed by atoms with Crippen molar-refractivity contribution in [2.75, 3.05) is 25.5 Å². The number of rotatable bonds is 2. The van der Waals surface area contributed by atoms with Crippen LogP contribution in [0.1, 0.15) is 42.5 Å². The molecule has 1 amide bonds. The molecule has 2 unspecified atom stereocenters. The Labute approximate surface area is 120 Å². The van der Waals surface area contributed by atoms with Crippen LogP contribution in [0.25, 0.3) is 0 Å². The minimum absolute atomic E-state index is 0.143. The molecular formula is C16H23N3O. The average molecular weight is 273 g/mol. The van der Waals surface area contributed by atoms with Crippen molar-refractivity contribution in [2.24, 2.45) is 11.8 Å². The van der Waals surface area contributed by atoms with E-state index < -0.39 is 0 Å². The van der Waals surface area contributed by atoms with Crippen LogP contribution >= 0.6 is 0 Å². The number of piperidine rings is 1. The van der Waals surface area contributed by atoms with Gasteiger partial charge < -0.3 is 10.2 Å². The van der Waals surface area contributed by atoms with E-state index in [4.69, 9.17) is 0 Å². The Hall–Kier alpha value is -1.58. The van der Waals surface area contributed by atoms with Gasteiger partial charge in [0.2, 0.25) is 0 Å². The average Bonchev–Trinajstić information content (AvgIpc) is 2.54. The molecule has 4 nitrogen and oxygen atoms in total. The first-order chi connectivity index (χ1) is 9.78. The van der Waals surface area contributed by atoms with Gasteiger partial charge in [0.1, 0.15) is 5.82 Å². The first kappa shape index (κ1) is 13.4. The van der Waals surface area contributed by atoms with Crippen molar-refractivity contribution >= 4 is 11.7 Å². The van der Waals surface area contributed by atoms with E-state index in [9.17, 15) is 4.79 Å². The highest BCUT2D eigenvalue weighted by molar-refractivity contribution is 5.94. The van der Waals surface area contributed by atoms with Crippen LogP contribution in [-0.4, -0.2) is 35.9 Å². The molecule has 1 aliphatic carbocycles. The standard InChI is InChI=1S/C16H23N3O/c1-17-15-7-6-13(10-18-15)16(20)19-9-8-12-4-2-3-5-14(12)11-19/h6-7,10,12,14H,2-5,8-9,11H2,1H3,(H,17,18). The first-order valence-corrected chi connectivity index (χ1v) is 7.71. The fraction of sp³-hybridized carbons (Fsp3) is 0.625. The van der Waals surface area contributed by atoms with Crippen molar-refractivity contribution in [1.82, 2.24) is 9.88 Å². The number of carbonyl (C=O) groups is 1. The van der Waals surface area contributed by atoms with Gasteiger partial charge in [0.25, 0.3) is 5.91 Å². The van der Waals surface area contributed by atoms with E-state index in [-0.39, 0.29) is 5.91 Å². The molecule has 2 heterocycles. The summed E-state index contributed by atoms with van der Waals surface area (Å²) in [5, 5.41) is 2.97. The molecular weight excluding hydrogens is 250 g/mol. The van der Waals surface area contributed by atoms with Crippen molar-refractivity contribution in [2.45, 2.75) is 32.1 Å². The van der Waals surface area contributed by atoms with Crippen LogP contribution in [0.5, 0.6) is 0 Å². The number of pyridine rings is 1. The fourth-order valence-corrected chi connectivity index (χ4v) is 3.64. The van der Waals surface area contributed by atoms with Crippen LogP contribution in [0.2, 0.25) is 0 Å². The van der Waals surface area contributed by atoms with Gasteiger partial charge in [-0.3, -0.25) is 4.79 Å². The number of nitrogens with one attached hydrogen (secondary N) is 1. The molecule has 2 atom stereocenters. The quantitative estimate of drug-likeness (QED) is 0.901. The van der Waals surface area contributed by atoms with Gasteiger partial charge in [0, 0.05) is 26.3 Å². The number of likely N-dealkylation sites (tertiary alicyclic amines) is 1. The van der Waals surface area contributed by atoms with E-state index in [1.807, 2.05) is 24.1 Å². The number of aromatic nitrogens is 1. The van der Waals surface area contributed by atoms with Gasteiger partial charge in [0.05, 0.1) is 5.56 Å². The largest absolute Gasteiger partial charge is 0.373 e. The molecule has 1 aliphatic heterocycles. The molecule has 0 aromatic carbocycles. The van der Waals surface area contributed by atoms with Gasteiger partial charge in [-0.2, -0.15) is 0 Å². The maximum atomic E-state index is 12.5. The third-order valence-electron chi connectivity index (χ3n) is 4.84. The molecule has 1 aromatic rings. The van der Waals surface area contributed by atoms with Gasteiger partial charge in [-0.25, -0.2) is 4.98 Å². The Balaban J connectivity index is 1.67. The van der Waals surface area contributed by atoms with Gasteiger partial charge >= 0.3 is 0 Å². The predicted octanol–water partition coefficient (Wildman–Crippen LogP) is 2.78. The third-order valence-corrected chi connectivity index (χ3v) is 4.84. The van der Waals surface area contributed by atoms with E-state index in [2.05, 4.69) is 10.3 Å². The van der Waals surface area contributed by atoms with Gasteiger partial charge in [-0.15, -0.1) is 0 Å². The van der Waals surface area contributed by atoms with Gasteiger partial charge in [-0.1, -0.05) is 19.3 Å². The van der Waals surface area contributed by atoms with Crippen LogP contribution < -0.4 is 5.32 Å². The summed E-state index contributed by atoms with van der Waals surface area (Å²) >= 11 is 0. The molecule has 2 fully saturated rings. The lowest BCUT2D eigenvalue weighted by atomic mass is 9.75. The van der Waals surface area contributed by atoms with Crippen LogP contribution in [0.3, 0.4) is 0 Å². The highest BCUT2D eigenvalue weighted by atomic mass is 16.2. The summed E-state index contributed by atoms with van der Waals surface area (Å²) in [7, 11) is 1.83. The Morgan fingerprint density at radius 1 is 1.25 bits per heavy atom. The van der Waals surface area contributed by atoms with Crippen molar-refractivity contribution in [1.29, 1.82) is 0 Å². The Bertz CT molecular complexity index is 471. The lowest BCUT2D eigenvalue weighted by Gasteiger charge is -2.41. The summed E-state index contributed by atoms with van der Waals surface area (Å²) in [4.78, 5) is 18.8. The highest BCUT2D eigenvalue weighted by Crippen LogP contribution is 2.36. The molecule has 0 radical (unpaired) electrons. The summed E-state index contributed by atoms with van der Waals surface area (Å²) < 4.78 is 0. The molecule has 1 saturated carbocycles. The van der Waals surface area contributed by atoms with E-state index >= 15 is 0 Å². The second kappa shape index (κ2) is 5.81. The SMILES string of the molecule is CNc1ccc(C(=O)N2CCC3CCCCC3C2)cn1. The molecule has 2 aliphatic rings. The van der Waals surface area contributed by atoms with Gasteiger partial charge in [0.15, 0.2) is 0 Å². The lowest BCUT2D eigenvalue weighted by molar-refractivity contribution is 0.0520. The van der Waals surface area contributed by atoms with Crippen molar-refractivity contribution < 1.29 is 4.79 Å². The molecule has 3 rings (SSSR count). The molecule has 4 heteroatoms. The molecule has 1 aromatic heterocycles. The summed E-state index contributed by atoms with van der Waals surface area (Å²) in [6.45, 7) is 1.85. The minimum Gasteiger partial charge on any atom is -0.373 e. The van der Waals surface area contributed by atoms with Crippen molar-refractivity contribution in [3.05, 3.63) is 23.9 Å². The zero-order valence-electron chi connectivity index (χ0n) is 12.1. The summed E-state index contributed by atoms with van der Waals surface area (Å²) in [5.41, 5.74) is 0.707. The second-order valence-electron chi connectivity index (χ2n) is 6.03. The number of carbonyl (C=O) groups excluding carboxylic acids is 1. The predicted molar refractivity (Wildman–Crippen MR) is 79.8 cm³/mol. The maximum absolute atomic E-state index is 12.5. The Kier molecular flexibility index (Phi) is 3.90. The highest BCUT2D eigenvalue weighted by Gasteiger charge is 2.33. The van der Waals surface area contributed by atoms with E-state index in [0.29, 0.717) is 5.56 Å². The number of hydrogen-bond acceptors (Lipinski definition) is 3. The smallest absolute Gasteiger partial charge is 0.255 e. The fourth-order valence-electron chi connectivity index (χ4n) is 3.64. The number of amides is 1.